The van der Waals surface area contributed by atoms with Crippen LogP contribution in [0, 0.1) is 0 Å². The van der Waals surface area contributed by atoms with Crippen molar-refractivity contribution in [1.29, 1.82) is 0 Å². The third-order valence-corrected chi connectivity index (χ3v) is 9.92. The number of benzene rings is 6. The monoisotopic (exact) mass is 538 g/mol. The lowest BCUT2D eigenvalue weighted by atomic mass is 9.80. The molecule has 2 aliphatic carbocycles. The highest BCUT2D eigenvalue weighted by molar-refractivity contribution is 5.88. The van der Waals surface area contributed by atoms with E-state index in [0.29, 0.717) is 0 Å². The molecule has 6 aromatic carbocycles. The van der Waals surface area contributed by atoms with E-state index < -0.39 is 0 Å². The summed E-state index contributed by atoms with van der Waals surface area (Å²) in [6, 6.07) is 49.7. The van der Waals surface area contributed by atoms with Crippen LogP contribution in [0.1, 0.15) is 49.9 Å². The minimum absolute atomic E-state index is 0.00384. The van der Waals surface area contributed by atoms with E-state index in [1.54, 1.807) is 0 Å². The fourth-order valence-corrected chi connectivity index (χ4v) is 7.47. The predicted molar refractivity (Wildman–Crippen MR) is 178 cm³/mol. The zero-order valence-electron chi connectivity index (χ0n) is 24.7. The summed E-state index contributed by atoms with van der Waals surface area (Å²) in [6.07, 6.45) is 0. The molecule has 42 heavy (non-hydrogen) atoms. The summed E-state index contributed by atoms with van der Waals surface area (Å²) in [5.74, 6) is 0. The van der Waals surface area contributed by atoms with Gasteiger partial charge in [-0.25, -0.2) is 0 Å². The van der Waals surface area contributed by atoms with Crippen molar-refractivity contribution >= 4 is 0 Å². The van der Waals surface area contributed by atoms with Crippen LogP contribution in [0.3, 0.4) is 0 Å². The molecule has 0 saturated carbocycles. The Bertz CT molecular complexity index is 2000. The second-order valence-corrected chi connectivity index (χ2v) is 13.0. The van der Waals surface area contributed by atoms with Gasteiger partial charge in [-0.2, -0.15) is 0 Å². The van der Waals surface area contributed by atoms with E-state index in [1.807, 2.05) is 0 Å². The number of rotatable bonds is 3. The molecule has 0 unspecified atom stereocenters. The fraction of sp³-hybridized carbons (Fsp3) is 0.143. The third-order valence-electron chi connectivity index (χ3n) is 9.92. The highest BCUT2D eigenvalue weighted by Crippen LogP contribution is 2.52. The number of hydrogen-bond acceptors (Lipinski definition) is 0. The van der Waals surface area contributed by atoms with Gasteiger partial charge in [-0.05, 0) is 96.1 Å². The summed E-state index contributed by atoms with van der Waals surface area (Å²) in [5.41, 5.74) is 18.7. The largest absolute Gasteiger partial charge is 0.0622 e. The van der Waals surface area contributed by atoms with Crippen molar-refractivity contribution in [2.75, 3.05) is 0 Å². The van der Waals surface area contributed by atoms with Gasteiger partial charge in [0.1, 0.15) is 0 Å². The molecule has 0 aromatic heterocycles. The second-order valence-electron chi connectivity index (χ2n) is 13.0. The van der Waals surface area contributed by atoms with Gasteiger partial charge in [-0.3, -0.25) is 0 Å². The zero-order chi connectivity index (χ0) is 28.6. The molecule has 2 aliphatic rings. The van der Waals surface area contributed by atoms with Gasteiger partial charge in [-0.1, -0.05) is 143 Å². The molecule has 0 heterocycles. The maximum atomic E-state index is 2.44. The average molecular weight is 539 g/mol. The van der Waals surface area contributed by atoms with Crippen LogP contribution in [0.2, 0.25) is 0 Å². The standard InChI is InChI=1S/C42H34/c1-41(2)37-13-9-8-12-33(37)34-22-19-31(25-38(34)41)32-20-23-36-35-21-18-30(24-39(35)42(3,4)40(36)26-32)29-16-14-28(15-17-29)27-10-6-5-7-11-27/h5-26H,1-4H3. The lowest BCUT2D eigenvalue weighted by Crippen LogP contribution is -2.15. The normalized spacial score (nSPS) is 15.0. The van der Waals surface area contributed by atoms with Gasteiger partial charge in [0.25, 0.3) is 0 Å². The van der Waals surface area contributed by atoms with E-state index in [1.165, 1.54) is 77.9 Å². The van der Waals surface area contributed by atoms with E-state index in [9.17, 15) is 0 Å². The van der Waals surface area contributed by atoms with E-state index in [-0.39, 0.29) is 10.8 Å². The smallest absolute Gasteiger partial charge is 0.0159 e. The number of hydrogen-bond donors (Lipinski definition) is 0. The molecule has 6 aromatic rings. The molecule has 0 spiro atoms. The lowest BCUT2D eigenvalue weighted by Gasteiger charge is -2.23. The number of fused-ring (bicyclic) bond motifs is 6. The van der Waals surface area contributed by atoms with Crippen LogP contribution in [0.4, 0.5) is 0 Å². The molecule has 0 saturated heterocycles. The Balaban J connectivity index is 1.15. The first-order chi connectivity index (χ1) is 20.3. The molecule has 202 valence electrons. The molecular weight excluding hydrogens is 504 g/mol. The molecule has 0 heteroatoms. The SMILES string of the molecule is CC1(C)c2ccccc2-c2ccc(-c3ccc4c(c3)C(C)(C)c3cc(-c5ccc(-c6ccccc6)cc5)ccc3-4)cc21. The van der Waals surface area contributed by atoms with Crippen molar-refractivity contribution in [3.63, 3.8) is 0 Å². The Kier molecular flexibility index (Phi) is 5.32. The Morgan fingerprint density at radius 1 is 0.286 bits per heavy atom. The first-order valence-electron chi connectivity index (χ1n) is 15.0. The molecule has 0 fully saturated rings. The Morgan fingerprint density at radius 2 is 0.619 bits per heavy atom. The van der Waals surface area contributed by atoms with Crippen molar-refractivity contribution in [3.05, 3.63) is 156 Å². The molecule has 0 radical (unpaired) electrons. The topological polar surface area (TPSA) is 0 Å². The van der Waals surface area contributed by atoms with E-state index >= 15 is 0 Å². The molecule has 8 rings (SSSR count). The summed E-state index contributed by atoms with van der Waals surface area (Å²) in [6.45, 7) is 9.48. The Labute approximate surface area is 249 Å². The van der Waals surface area contributed by atoms with E-state index in [4.69, 9.17) is 0 Å². The van der Waals surface area contributed by atoms with Gasteiger partial charge in [0.05, 0.1) is 0 Å². The molecule has 0 amide bonds. The first-order valence-corrected chi connectivity index (χ1v) is 15.0. The quantitative estimate of drug-likeness (QED) is 0.210. The van der Waals surface area contributed by atoms with Crippen LogP contribution in [-0.2, 0) is 10.8 Å². The Hall–Kier alpha value is -4.68. The molecule has 0 aliphatic heterocycles. The van der Waals surface area contributed by atoms with Crippen molar-refractivity contribution in [2.24, 2.45) is 0 Å². The predicted octanol–water partition coefficient (Wildman–Crippen LogP) is 11.3. The van der Waals surface area contributed by atoms with Crippen molar-refractivity contribution in [1.82, 2.24) is 0 Å². The van der Waals surface area contributed by atoms with Gasteiger partial charge < -0.3 is 0 Å². The van der Waals surface area contributed by atoms with Crippen LogP contribution in [0.15, 0.2) is 133 Å². The zero-order valence-corrected chi connectivity index (χ0v) is 24.7. The van der Waals surface area contributed by atoms with E-state index in [2.05, 4.69) is 161 Å². The third kappa shape index (κ3) is 3.61. The average Bonchev–Trinajstić information content (AvgIpc) is 3.40. The maximum Gasteiger partial charge on any atom is 0.0159 e. The van der Waals surface area contributed by atoms with Gasteiger partial charge in [0, 0.05) is 10.8 Å². The van der Waals surface area contributed by atoms with Crippen LogP contribution in [0.25, 0.3) is 55.6 Å². The highest BCUT2D eigenvalue weighted by atomic mass is 14.4. The summed E-state index contributed by atoms with van der Waals surface area (Å²) in [7, 11) is 0. The van der Waals surface area contributed by atoms with Crippen molar-refractivity contribution in [3.8, 4) is 55.6 Å². The maximum absolute atomic E-state index is 2.44. The molecule has 0 nitrogen and oxygen atoms in total. The lowest BCUT2D eigenvalue weighted by molar-refractivity contribution is 0.659. The molecular formula is C42H34. The highest BCUT2D eigenvalue weighted by Gasteiger charge is 2.37. The minimum atomic E-state index is -0.0765. The minimum Gasteiger partial charge on any atom is -0.0622 e. The van der Waals surface area contributed by atoms with Crippen molar-refractivity contribution in [2.45, 2.75) is 38.5 Å². The molecule has 0 atom stereocenters. The summed E-state index contributed by atoms with van der Waals surface area (Å²) in [5, 5.41) is 0. The summed E-state index contributed by atoms with van der Waals surface area (Å²) < 4.78 is 0. The van der Waals surface area contributed by atoms with Crippen LogP contribution >= 0.6 is 0 Å². The van der Waals surface area contributed by atoms with Crippen molar-refractivity contribution < 1.29 is 0 Å². The van der Waals surface area contributed by atoms with E-state index in [0.717, 1.165) is 0 Å². The summed E-state index contributed by atoms with van der Waals surface area (Å²) >= 11 is 0. The first kappa shape index (κ1) is 25.1. The van der Waals surface area contributed by atoms with Gasteiger partial charge in [-0.15, -0.1) is 0 Å². The van der Waals surface area contributed by atoms with Crippen LogP contribution in [-0.4, -0.2) is 0 Å². The van der Waals surface area contributed by atoms with Gasteiger partial charge in [0.2, 0.25) is 0 Å². The summed E-state index contributed by atoms with van der Waals surface area (Å²) in [4.78, 5) is 0. The van der Waals surface area contributed by atoms with Crippen LogP contribution in [0.5, 0.6) is 0 Å². The molecule has 0 N–H and O–H groups in total. The molecule has 0 bridgehead atoms. The fourth-order valence-electron chi connectivity index (χ4n) is 7.47. The second kappa shape index (κ2) is 8.91. The van der Waals surface area contributed by atoms with Crippen LogP contribution < -0.4 is 0 Å². The van der Waals surface area contributed by atoms with Gasteiger partial charge in [0.15, 0.2) is 0 Å². The Morgan fingerprint density at radius 3 is 1.14 bits per heavy atom. The van der Waals surface area contributed by atoms with Gasteiger partial charge >= 0.3 is 0 Å².